The Morgan fingerprint density at radius 2 is 1.55 bits per heavy atom. The van der Waals surface area contributed by atoms with Crippen LogP contribution in [0.4, 0.5) is 0 Å². The lowest BCUT2D eigenvalue weighted by atomic mass is 10.0. The quantitative estimate of drug-likeness (QED) is 0.583. The van der Waals surface area contributed by atoms with Gasteiger partial charge < -0.3 is 5.32 Å². The maximum absolute atomic E-state index is 11.8. The lowest BCUT2D eigenvalue weighted by Gasteiger charge is -2.19. The number of hydrogen-bond acceptors (Lipinski definition) is 3. The maximum Gasteiger partial charge on any atom is 0.212 e. The van der Waals surface area contributed by atoms with Gasteiger partial charge in [0.1, 0.15) is 0 Å². The number of nitrogens with one attached hydrogen (secondary N) is 2. The highest BCUT2D eigenvalue weighted by atomic mass is 35.5. The predicted molar refractivity (Wildman–Crippen MR) is 88.0 cm³/mol. The minimum atomic E-state index is -3.14. The van der Waals surface area contributed by atoms with E-state index in [2.05, 4.69) is 10.0 Å². The Morgan fingerprint density at radius 3 is 2.05 bits per heavy atom. The molecule has 0 radical (unpaired) electrons. The highest BCUT2D eigenvalue weighted by Crippen LogP contribution is 2.17. The molecule has 2 N–H and O–H groups in total. The van der Waals surface area contributed by atoms with E-state index in [4.69, 9.17) is 0 Å². The molecule has 1 saturated carbocycles. The second-order valence-corrected chi connectivity index (χ2v) is 8.66. The van der Waals surface area contributed by atoms with Crippen LogP contribution in [-0.2, 0) is 10.0 Å². The Balaban J connectivity index is 0.00000361. The van der Waals surface area contributed by atoms with Gasteiger partial charge in [0.15, 0.2) is 0 Å². The lowest BCUT2D eigenvalue weighted by molar-refractivity contribution is 0.449. The largest absolute Gasteiger partial charge is 0.313 e. The Hall–Kier alpha value is 0.160. The Kier molecular flexibility index (Phi) is 9.31. The first kappa shape index (κ1) is 20.2. The van der Waals surface area contributed by atoms with E-state index < -0.39 is 10.0 Å². The molecule has 0 bridgehead atoms. The summed E-state index contributed by atoms with van der Waals surface area (Å²) in [5.41, 5.74) is -0.194. The van der Waals surface area contributed by atoms with Crippen molar-refractivity contribution in [1.29, 1.82) is 0 Å². The summed E-state index contributed by atoms with van der Waals surface area (Å²) in [6.45, 7) is 7.05. The lowest BCUT2D eigenvalue weighted by Crippen LogP contribution is -2.39. The number of hydrogen-bond donors (Lipinski definition) is 2. The highest BCUT2D eigenvalue weighted by Gasteiger charge is 2.21. The van der Waals surface area contributed by atoms with Gasteiger partial charge in [0, 0.05) is 19.1 Å². The van der Waals surface area contributed by atoms with Gasteiger partial charge in [0.2, 0.25) is 10.0 Å². The highest BCUT2D eigenvalue weighted by molar-refractivity contribution is 7.89. The zero-order chi connectivity index (χ0) is 14.4. The fourth-order valence-corrected chi connectivity index (χ4v) is 4.24. The van der Waals surface area contributed by atoms with Crippen molar-refractivity contribution in [2.45, 2.75) is 65.3 Å². The van der Waals surface area contributed by atoms with Crippen molar-refractivity contribution < 1.29 is 8.42 Å². The van der Waals surface area contributed by atoms with E-state index in [1.165, 1.54) is 38.5 Å². The summed E-state index contributed by atoms with van der Waals surface area (Å²) >= 11 is 0. The van der Waals surface area contributed by atoms with Gasteiger partial charge in [0.05, 0.1) is 5.75 Å². The summed E-state index contributed by atoms with van der Waals surface area (Å²) in [4.78, 5) is 0. The van der Waals surface area contributed by atoms with E-state index in [9.17, 15) is 8.42 Å². The molecule has 0 amide bonds. The van der Waals surface area contributed by atoms with Crippen LogP contribution in [0.2, 0.25) is 0 Å². The van der Waals surface area contributed by atoms with E-state index in [0.29, 0.717) is 12.6 Å². The number of rotatable bonds is 6. The molecule has 0 aliphatic heterocycles. The summed E-state index contributed by atoms with van der Waals surface area (Å²) in [5, 5.41) is 3.47. The van der Waals surface area contributed by atoms with Gasteiger partial charge in [-0.1, -0.05) is 46.5 Å². The molecular formula is C14H31ClN2O2S. The summed E-state index contributed by atoms with van der Waals surface area (Å²) in [7, 11) is -3.14. The van der Waals surface area contributed by atoms with Crippen LogP contribution in [0.5, 0.6) is 0 Å². The van der Waals surface area contributed by atoms with Gasteiger partial charge >= 0.3 is 0 Å². The van der Waals surface area contributed by atoms with Crippen LogP contribution in [0.1, 0.15) is 59.3 Å². The minimum absolute atomic E-state index is 0. The minimum Gasteiger partial charge on any atom is -0.313 e. The standard InChI is InChI=1S/C14H30N2O2S.ClH/c1-14(2,3)12-19(17,18)16-11-10-15-13-8-6-4-5-7-9-13;/h13,15-16H,4-12H2,1-3H3;1H. The zero-order valence-electron chi connectivity index (χ0n) is 13.1. The van der Waals surface area contributed by atoms with Crippen molar-refractivity contribution in [2.75, 3.05) is 18.8 Å². The maximum atomic E-state index is 11.8. The molecule has 0 aromatic carbocycles. The van der Waals surface area contributed by atoms with Crippen molar-refractivity contribution in [2.24, 2.45) is 5.41 Å². The topological polar surface area (TPSA) is 58.2 Å². The van der Waals surface area contributed by atoms with Gasteiger partial charge in [-0.15, -0.1) is 12.4 Å². The molecule has 0 atom stereocenters. The van der Waals surface area contributed by atoms with Gasteiger partial charge in [-0.3, -0.25) is 0 Å². The number of halogens is 1. The Labute approximate surface area is 130 Å². The van der Waals surface area contributed by atoms with Gasteiger partial charge in [-0.25, -0.2) is 13.1 Å². The molecular weight excluding hydrogens is 296 g/mol. The number of sulfonamides is 1. The van der Waals surface area contributed by atoms with E-state index in [0.717, 1.165) is 6.54 Å². The average molecular weight is 327 g/mol. The molecule has 1 fully saturated rings. The van der Waals surface area contributed by atoms with E-state index in [1.807, 2.05) is 20.8 Å². The molecule has 1 aliphatic carbocycles. The van der Waals surface area contributed by atoms with Crippen molar-refractivity contribution in [1.82, 2.24) is 10.0 Å². The summed E-state index contributed by atoms with van der Waals surface area (Å²) < 4.78 is 26.3. The molecule has 0 heterocycles. The third-order valence-electron chi connectivity index (χ3n) is 3.36. The normalized spacial score (nSPS) is 18.4. The van der Waals surface area contributed by atoms with Gasteiger partial charge in [-0.2, -0.15) is 0 Å². The summed E-state index contributed by atoms with van der Waals surface area (Å²) in [6, 6.07) is 0.578. The third-order valence-corrected chi connectivity index (χ3v) is 5.25. The van der Waals surface area contributed by atoms with Crippen molar-refractivity contribution in [3.8, 4) is 0 Å². The Morgan fingerprint density at radius 1 is 1.00 bits per heavy atom. The molecule has 1 rings (SSSR count). The smallest absolute Gasteiger partial charge is 0.212 e. The molecule has 20 heavy (non-hydrogen) atoms. The molecule has 0 saturated heterocycles. The third kappa shape index (κ3) is 9.97. The SMILES string of the molecule is CC(C)(C)CS(=O)(=O)NCCNC1CCCCCC1.Cl. The van der Waals surface area contributed by atoms with Crippen LogP contribution in [0, 0.1) is 5.41 Å². The molecule has 0 aromatic heterocycles. The fourth-order valence-electron chi connectivity index (χ4n) is 2.59. The molecule has 1 aliphatic rings. The second kappa shape index (κ2) is 9.23. The molecule has 0 spiro atoms. The van der Waals surface area contributed by atoms with E-state index in [1.54, 1.807) is 0 Å². The molecule has 4 nitrogen and oxygen atoms in total. The Bertz CT molecular complexity index is 345. The van der Waals surface area contributed by atoms with E-state index >= 15 is 0 Å². The monoisotopic (exact) mass is 326 g/mol. The second-order valence-electron chi connectivity index (χ2n) is 6.86. The molecule has 6 heteroatoms. The van der Waals surface area contributed by atoms with Crippen LogP contribution < -0.4 is 10.0 Å². The first-order chi connectivity index (χ1) is 8.79. The van der Waals surface area contributed by atoms with Crippen LogP contribution in [-0.4, -0.2) is 33.3 Å². The van der Waals surface area contributed by atoms with Crippen molar-refractivity contribution in [3.63, 3.8) is 0 Å². The first-order valence-electron chi connectivity index (χ1n) is 7.49. The zero-order valence-corrected chi connectivity index (χ0v) is 14.7. The van der Waals surface area contributed by atoms with Crippen molar-refractivity contribution in [3.05, 3.63) is 0 Å². The van der Waals surface area contributed by atoms with Crippen LogP contribution in [0.15, 0.2) is 0 Å². The van der Waals surface area contributed by atoms with E-state index in [-0.39, 0.29) is 23.6 Å². The van der Waals surface area contributed by atoms with Crippen LogP contribution >= 0.6 is 12.4 Å². The fraction of sp³-hybridized carbons (Fsp3) is 1.00. The molecule has 0 aromatic rings. The summed E-state index contributed by atoms with van der Waals surface area (Å²) in [6.07, 6.45) is 7.75. The van der Waals surface area contributed by atoms with Crippen molar-refractivity contribution >= 4 is 22.4 Å². The first-order valence-corrected chi connectivity index (χ1v) is 9.14. The van der Waals surface area contributed by atoms with Gasteiger partial charge in [-0.05, 0) is 18.3 Å². The molecule has 122 valence electrons. The average Bonchev–Trinajstić information content (AvgIpc) is 2.49. The van der Waals surface area contributed by atoms with Gasteiger partial charge in [0.25, 0.3) is 0 Å². The summed E-state index contributed by atoms with van der Waals surface area (Å²) in [5.74, 6) is 0.184. The van der Waals surface area contributed by atoms with Crippen LogP contribution in [0.3, 0.4) is 0 Å². The molecule has 0 unspecified atom stereocenters. The predicted octanol–water partition coefficient (Wildman–Crippen LogP) is 2.69. The van der Waals surface area contributed by atoms with Crippen LogP contribution in [0.25, 0.3) is 0 Å².